The molecule has 0 radical (unpaired) electrons. The monoisotopic (exact) mass is 281 g/mol. The molecule has 21 heavy (non-hydrogen) atoms. The number of nitrogens with one attached hydrogen (secondary N) is 1. The Morgan fingerprint density at radius 3 is 2.76 bits per heavy atom. The van der Waals surface area contributed by atoms with Crippen LogP contribution in [0.5, 0.6) is 0 Å². The van der Waals surface area contributed by atoms with Crippen LogP contribution in [0.4, 0.5) is 10.2 Å². The number of halogens is 1. The molecule has 0 unspecified atom stereocenters. The van der Waals surface area contributed by atoms with Gasteiger partial charge in [-0.2, -0.15) is 0 Å². The summed E-state index contributed by atoms with van der Waals surface area (Å²) in [4.78, 5) is 8.87. The van der Waals surface area contributed by atoms with Crippen molar-refractivity contribution in [3.8, 4) is 0 Å². The Kier molecular flexibility index (Phi) is 3.77. The predicted octanol–water partition coefficient (Wildman–Crippen LogP) is 3.73. The van der Waals surface area contributed by atoms with E-state index in [1.165, 1.54) is 6.07 Å². The molecule has 0 saturated heterocycles. The summed E-state index contributed by atoms with van der Waals surface area (Å²) in [5.74, 6) is 1.37. The number of aryl methyl sites for hydroxylation is 1. The lowest BCUT2D eigenvalue weighted by Crippen LogP contribution is -2.08. The summed E-state index contributed by atoms with van der Waals surface area (Å²) >= 11 is 0. The third-order valence-electron chi connectivity index (χ3n) is 3.31. The highest BCUT2D eigenvalue weighted by atomic mass is 19.1. The molecule has 0 aliphatic heterocycles. The molecule has 0 spiro atoms. The Morgan fingerprint density at radius 1 is 1.05 bits per heavy atom. The molecule has 4 heteroatoms. The Balaban J connectivity index is 1.76. The lowest BCUT2D eigenvalue weighted by atomic mass is 10.1. The highest BCUT2D eigenvalue weighted by Gasteiger charge is 2.04. The summed E-state index contributed by atoms with van der Waals surface area (Å²) in [6.07, 6.45) is 0.745. The van der Waals surface area contributed by atoms with Crippen LogP contribution in [0.2, 0.25) is 0 Å². The molecule has 2 aromatic carbocycles. The summed E-state index contributed by atoms with van der Waals surface area (Å²) in [6, 6.07) is 14.6. The fraction of sp³-hybridized carbons (Fsp3) is 0.176. The van der Waals surface area contributed by atoms with E-state index in [4.69, 9.17) is 0 Å². The van der Waals surface area contributed by atoms with Gasteiger partial charge in [-0.25, -0.2) is 14.4 Å². The van der Waals surface area contributed by atoms with Gasteiger partial charge < -0.3 is 5.32 Å². The number of para-hydroxylation sites is 1. The van der Waals surface area contributed by atoms with Gasteiger partial charge in [0, 0.05) is 11.9 Å². The van der Waals surface area contributed by atoms with Crippen molar-refractivity contribution in [3.63, 3.8) is 0 Å². The maximum atomic E-state index is 13.1. The SMILES string of the molecule is Cc1nc(NCCc2cccc(F)c2)c2ccccc2n1. The summed E-state index contributed by atoms with van der Waals surface area (Å²) in [7, 11) is 0. The normalized spacial score (nSPS) is 10.8. The number of hydrogen-bond donors (Lipinski definition) is 1. The van der Waals surface area contributed by atoms with Crippen LogP contribution >= 0.6 is 0 Å². The minimum absolute atomic E-state index is 0.198. The van der Waals surface area contributed by atoms with E-state index >= 15 is 0 Å². The molecule has 0 aliphatic rings. The smallest absolute Gasteiger partial charge is 0.137 e. The molecule has 0 amide bonds. The van der Waals surface area contributed by atoms with Crippen molar-refractivity contribution in [2.24, 2.45) is 0 Å². The van der Waals surface area contributed by atoms with E-state index in [1.54, 1.807) is 12.1 Å². The van der Waals surface area contributed by atoms with Gasteiger partial charge in [-0.3, -0.25) is 0 Å². The van der Waals surface area contributed by atoms with E-state index in [1.807, 2.05) is 37.3 Å². The van der Waals surface area contributed by atoms with Crippen LogP contribution in [0.25, 0.3) is 10.9 Å². The van der Waals surface area contributed by atoms with Gasteiger partial charge in [-0.15, -0.1) is 0 Å². The molecule has 106 valence electrons. The first-order chi connectivity index (χ1) is 10.2. The van der Waals surface area contributed by atoms with Gasteiger partial charge in [0.05, 0.1) is 5.52 Å². The molecule has 0 bridgehead atoms. The highest BCUT2D eigenvalue weighted by molar-refractivity contribution is 5.88. The average molecular weight is 281 g/mol. The fourth-order valence-electron chi connectivity index (χ4n) is 2.35. The molecule has 3 aromatic rings. The first-order valence-corrected chi connectivity index (χ1v) is 6.94. The molecule has 0 fully saturated rings. The van der Waals surface area contributed by atoms with Gasteiger partial charge in [0.1, 0.15) is 17.5 Å². The number of aromatic nitrogens is 2. The predicted molar refractivity (Wildman–Crippen MR) is 82.9 cm³/mol. The zero-order chi connectivity index (χ0) is 14.7. The minimum atomic E-state index is -0.198. The van der Waals surface area contributed by atoms with E-state index in [0.717, 1.165) is 34.5 Å². The third kappa shape index (κ3) is 3.16. The highest BCUT2D eigenvalue weighted by Crippen LogP contribution is 2.19. The molecular weight excluding hydrogens is 265 g/mol. The quantitative estimate of drug-likeness (QED) is 0.791. The van der Waals surface area contributed by atoms with E-state index in [9.17, 15) is 4.39 Å². The summed E-state index contributed by atoms with van der Waals surface area (Å²) < 4.78 is 13.1. The number of benzene rings is 2. The Morgan fingerprint density at radius 2 is 1.90 bits per heavy atom. The molecular formula is C17H16FN3. The molecule has 1 N–H and O–H groups in total. The number of anilines is 1. The first-order valence-electron chi connectivity index (χ1n) is 6.94. The molecule has 3 rings (SSSR count). The topological polar surface area (TPSA) is 37.8 Å². The van der Waals surface area contributed by atoms with Crippen LogP contribution in [-0.2, 0) is 6.42 Å². The summed E-state index contributed by atoms with van der Waals surface area (Å²) in [5.41, 5.74) is 1.90. The molecule has 0 saturated carbocycles. The lowest BCUT2D eigenvalue weighted by molar-refractivity contribution is 0.625. The Labute approximate surface area is 122 Å². The van der Waals surface area contributed by atoms with Gasteiger partial charge in [0.15, 0.2) is 0 Å². The van der Waals surface area contributed by atoms with E-state index < -0.39 is 0 Å². The van der Waals surface area contributed by atoms with Crippen LogP contribution in [0.15, 0.2) is 48.5 Å². The van der Waals surface area contributed by atoms with Crippen LogP contribution < -0.4 is 5.32 Å². The Hall–Kier alpha value is -2.49. The van der Waals surface area contributed by atoms with Crippen molar-refractivity contribution >= 4 is 16.7 Å². The average Bonchev–Trinajstić information content (AvgIpc) is 2.47. The second kappa shape index (κ2) is 5.87. The zero-order valence-corrected chi connectivity index (χ0v) is 11.8. The standard InChI is InChI=1S/C17H16FN3/c1-12-20-16-8-3-2-7-15(16)17(21-12)19-10-9-13-5-4-6-14(18)11-13/h2-8,11H,9-10H2,1H3,(H,19,20,21). The molecule has 0 atom stereocenters. The van der Waals surface area contributed by atoms with Gasteiger partial charge >= 0.3 is 0 Å². The fourth-order valence-corrected chi connectivity index (χ4v) is 2.35. The van der Waals surface area contributed by atoms with Gasteiger partial charge in [-0.05, 0) is 43.2 Å². The van der Waals surface area contributed by atoms with Crippen LogP contribution in [0, 0.1) is 12.7 Å². The summed E-state index contributed by atoms with van der Waals surface area (Å²) in [6.45, 7) is 2.58. The van der Waals surface area contributed by atoms with E-state index in [-0.39, 0.29) is 5.82 Å². The Bertz CT molecular complexity index is 771. The maximum absolute atomic E-state index is 13.1. The summed E-state index contributed by atoms with van der Waals surface area (Å²) in [5, 5.41) is 4.33. The second-order valence-electron chi connectivity index (χ2n) is 4.94. The largest absolute Gasteiger partial charge is 0.369 e. The number of rotatable bonds is 4. The number of nitrogens with zero attached hydrogens (tertiary/aromatic N) is 2. The van der Waals surface area contributed by atoms with Crippen molar-refractivity contribution < 1.29 is 4.39 Å². The second-order valence-corrected chi connectivity index (χ2v) is 4.94. The van der Waals surface area contributed by atoms with Crippen molar-refractivity contribution in [2.75, 3.05) is 11.9 Å². The van der Waals surface area contributed by atoms with Crippen molar-refractivity contribution in [1.82, 2.24) is 9.97 Å². The van der Waals surface area contributed by atoms with Crippen LogP contribution in [0.1, 0.15) is 11.4 Å². The van der Waals surface area contributed by atoms with Crippen molar-refractivity contribution in [2.45, 2.75) is 13.3 Å². The van der Waals surface area contributed by atoms with Crippen molar-refractivity contribution in [1.29, 1.82) is 0 Å². The van der Waals surface area contributed by atoms with Gasteiger partial charge in [-0.1, -0.05) is 24.3 Å². The first kappa shape index (κ1) is 13.5. The number of fused-ring (bicyclic) bond motifs is 1. The van der Waals surface area contributed by atoms with E-state index in [0.29, 0.717) is 6.54 Å². The lowest BCUT2D eigenvalue weighted by Gasteiger charge is -2.09. The molecule has 3 nitrogen and oxygen atoms in total. The van der Waals surface area contributed by atoms with Crippen molar-refractivity contribution in [3.05, 3.63) is 65.7 Å². The third-order valence-corrected chi connectivity index (χ3v) is 3.31. The minimum Gasteiger partial charge on any atom is -0.369 e. The van der Waals surface area contributed by atoms with Crippen LogP contribution in [-0.4, -0.2) is 16.5 Å². The van der Waals surface area contributed by atoms with E-state index in [2.05, 4.69) is 15.3 Å². The molecule has 1 heterocycles. The molecule has 0 aliphatic carbocycles. The number of hydrogen-bond acceptors (Lipinski definition) is 3. The van der Waals surface area contributed by atoms with Gasteiger partial charge in [0.25, 0.3) is 0 Å². The van der Waals surface area contributed by atoms with Gasteiger partial charge in [0.2, 0.25) is 0 Å². The molecule has 1 aromatic heterocycles. The zero-order valence-electron chi connectivity index (χ0n) is 11.8. The van der Waals surface area contributed by atoms with Crippen LogP contribution in [0.3, 0.4) is 0 Å². The maximum Gasteiger partial charge on any atom is 0.137 e.